The zero-order chi connectivity index (χ0) is 14.2. The normalized spacial score (nSPS) is 16.8. The van der Waals surface area contributed by atoms with Crippen LogP contribution < -0.4 is 5.32 Å². The van der Waals surface area contributed by atoms with E-state index in [0.29, 0.717) is 11.3 Å². The lowest BCUT2D eigenvalue weighted by atomic mass is 9.74. The van der Waals surface area contributed by atoms with Gasteiger partial charge in [-0.25, -0.2) is 0 Å². The average Bonchev–Trinajstić information content (AvgIpc) is 2.49. The second-order valence-corrected chi connectivity index (χ2v) is 5.33. The first kappa shape index (κ1) is 13.6. The van der Waals surface area contributed by atoms with Crippen LogP contribution in [0.4, 0.5) is 0 Å². The summed E-state index contributed by atoms with van der Waals surface area (Å²) in [5.41, 5.74) is 1.44. The van der Waals surface area contributed by atoms with Crippen LogP contribution in [0, 0.1) is 13.8 Å². The van der Waals surface area contributed by atoms with Crippen LogP contribution >= 0.6 is 0 Å². The zero-order valence-electron chi connectivity index (χ0n) is 11.5. The fourth-order valence-corrected chi connectivity index (χ4v) is 2.64. The molecule has 104 valence electrons. The Hall–Kier alpha value is -1.85. The maximum atomic E-state index is 12.3. The SMILES string of the molecule is Cc1nn(C)c(C)c1C(=O)NC1(CC(=O)O)CCC1. The summed E-state index contributed by atoms with van der Waals surface area (Å²) in [6, 6.07) is 0. The molecule has 0 radical (unpaired) electrons. The van der Waals surface area contributed by atoms with Gasteiger partial charge in [-0.1, -0.05) is 0 Å². The molecule has 0 atom stereocenters. The molecule has 2 N–H and O–H groups in total. The monoisotopic (exact) mass is 265 g/mol. The van der Waals surface area contributed by atoms with Gasteiger partial charge in [0.2, 0.25) is 0 Å². The third kappa shape index (κ3) is 2.47. The lowest BCUT2D eigenvalue weighted by Crippen LogP contribution is -2.54. The van der Waals surface area contributed by atoms with E-state index < -0.39 is 11.5 Å². The number of aromatic nitrogens is 2. The summed E-state index contributed by atoms with van der Waals surface area (Å²) in [6.45, 7) is 3.62. The predicted octanol–water partition coefficient (Wildman–Crippen LogP) is 1.16. The van der Waals surface area contributed by atoms with Crippen LogP contribution in [0.25, 0.3) is 0 Å². The molecule has 19 heavy (non-hydrogen) atoms. The van der Waals surface area contributed by atoms with Crippen molar-refractivity contribution in [3.05, 3.63) is 17.0 Å². The second kappa shape index (κ2) is 4.68. The minimum absolute atomic E-state index is 0.0168. The number of nitrogens with one attached hydrogen (secondary N) is 1. The molecule has 0 aliphatic heterocycles. The van der Waals surface area contributed by atoms with Gasteiger partial charge in [-0.05, 0) is 33.1 Å². The van der Waals surface area contributed by atoms with Crippen molar-refractivity contribution in [3.8, 4) is 0 Å². The third-order valence-electron chi connectivity index (χ3n) is 3.92. The maximum Gasteiger partial charge on any atom is 0.305 e. The molecule has 2 rings (SSSR count). The molecular formula is C13H19N3O3. The van der Waals surface area contributed by atoms with Crippen molar-refractivity contribution < 1.29 is 14.7 Å². The van der Waals surface area contributed by atoms with Crippen molar-refractivity contribution >= 4 is 11.9 Å². The minimum atomic E-state index is -0.875. The molecule has 1 aromatic rings. The van der Waals surface area contributed by atoms with Crippen molar-refractivity contribution in [1.82, 2.24) is 15.1 Å². The molecule has 1 fully saturated rings. The number of hydrogen-bond acceptors (Lipinski definition) is 3. The van der Waals surface area contributed by atoms with E-state index in [4.69, 9.17) is 5.11 Å². The Labute approximate surface area is 111 Å². The van der Waals surface area contributed by atoms with Crippen molar-refractivity contribution in [1.29, 1.82) is 0 Å². The predicted molar refractivity (Wildman–Crippen MR) is 69.0 cm³/mol. The lowest BCUT2D eigenvalue weighted by molar-refractivity contribution is -0.139. The van der Waals surface area contributed by atoms with Crippen LogP contribution in [0.15, 0.2) is 0 Å². The van der Waals surface area contributed by atoms with Crippen LogP contribution in [-0.2, 0) is 11.8 Å². The summed E-state index contributed by atoms with van der Waals surface area (Å²) >= 11 is 0. The zero-order valence-corrected chi connectivity index (χ0v) is 11.5. The van der Waals surface area contributed by atoms with Crippen LogP contribution in [-0.4, -0.2) is 32.3 Å². The van der Waals surface area contributed by atoms with E-state index in [1.165, 1.54) is 0 Å². The van der Waals surface area contributed by atoms with Crippen molar-refractivity contribution in [3.63, 3.8) is 0 Å². The Morgan fingerprint density at radius 2 is 2.05 bits per heavy atom. The van der Waals surface area contributed by atoms with Gasteiger partial charge in [0, 0.05) is 12.7 Å². The van der Waals surface area contributed by atoms with Gasteiger partial charge < -0.3 is 10.4 Å². The van der Waals surface area contributed by atoms with Gasteiger partial charge in [0.15, 0.2) is 0 Å². The number of carbonyl (C=O) groups excluding carboxylic acids is 1. The number of rotatable bonds is 4. The summed E-state index contributed by atoms with van der Waals surface area (Å²) in [5, 5.41) is 16.0. The second-order valence-electron chi connectivity index (χ2n) is 5.33. The molecule has 6 nitrogen and oxygen atoms in total. The lowest BCUT2D eigenvalue weighted by Gasteiger charge is -2.41. The summed E-state index contributed by atoms with van der Waals surface area (Å²) in [5.74, 6) is -1.09. The van der Waals surface area contributed by atoms with E-state index >= 15 is 0 Å². The highest BCUT2D eigenvalue weighted by molar-refractivity contribution is 5.97. The van der Waals surface area contributed by atoms with Gasteiger partial charge in [0.05, 0.1) is 23.2 Å². The summed E-state index contributed by atoms with van der Waals surface area (Å²) in [7, 11) is 1.79. The molecule has 1 aliphatic rings. The van der Waals surface area contributed by atoms with E-state index in [9.17, 15) is 9.59 Å². The first-order chi connectivity index (χ1) is 8.84. The molecular weight excluding hydrogens is 246 g/mol. The first-order valence-electron chi connectivity index (χ1n) is 6.39. The number of carbonyl (C=O) groups is 2. The highest BCUT2D eigenvalue weighted by Gasteiger charge is 2.41. The van der Waals surface area contributed by atoms with E-state index in [0.717, 1.165) is 25.0 Å². The van der Waals surface area contributed by atoms with Crippen LogP contribution in [0.1, 0.15) is 47.4 Å². The Morgan fingerprint density at radius 1 is 1.42 bits per heavy atom. The number of amides is 1. The van der Waals surface area contributed by atoms with Gasteiger partial charge >= 0.3 is 5.97 Å². The molecule has 0 bridgehead atoms. The molecule has 1 amide bonds. The van der Waals surface area contributed by atoms with Crippen molar-refractivity contribution in [2.24, 2.45) is 7.05 Å². The smallest absolute Gasteiger partial charge is 0.305 e. The number of carboxylic acid groups (broad SMARTS) is 1. The van der Waals surface area contributed by atoms with Crippen LogP contribution in [0.5, 0.6) is 0 Å². The number of nitrogens with zero attached hydrogens (tertiary/aromatic N) is 2. The third-order valence-corrected chi connectivity index (χ3v) is 3.92. The number of aryl methyl sites for hydroxylation is 2. The van der Waals surface area contributed by atoms with Gasteiger partial charge in [0.25, 0.3) is 5.91 Å². The van der Waals surface area contributed by atoms with Gasteiger partial charge in [-0.3, -0.25) is 14.3 Å². The minimum Gasteiger partial charge on any atom is -0.481 e. The van der Waals surface area contributed by atoms with E-state index in [2.05, 4.69) is 10.4 Å². The molecule has 6 heteroatoms. The largest absolute Gasteiger partial charge is 0.481 e. The molecule has 0 aromatic carbocycles. The van der Waals surface area contributed by atoms with Crippen LogP contribution in [0.3, 0.4) is 0 Å². The van der Waals surface area contributed by atoms with Crippen LogP contribution in [0.2, 0.25) is 0 Å². The summed E-state index contributed by atoms with van der Waals surface area (Å²) in [4.78, 5) is 23.2. The van der Waals surface area contributed by atoms with E-state index in [1.54, 1.807) is 18.7 Å². The standard InChI is InChI=1S/C13H19N3O3/c1-8-11(9(2)16(3)15-8)12(19)14-13(5-4-6-13)7-10(17)18/h4-7H2,1-3H3,(H,14,19)(H,17,18). The van der Waals surface area contributed by atoms with Gasteiger partial charge in [-0.15, -0.1) is 0 Å². The molecule has 0 saturated heterocycles. The first-order valence-corrected chi connectivity index (χ1v) is 6.39. The molecule has 1 saturated carbocycles. The van der Waals surface area contributed by atoms with E-state index in [1.807, 2.05) is 6.92 Å². The topological polar surface area (TPSA) is 84.2 Å². The molecule has 1 aromatic heterocycles. The van der Waals surface area contributed by atoms with Crippen molar-refractivity contribution in [2.75, 3.05) is 0 Å². The Kier molecular flexibility index (Phi) is 3.34. The fraction of sp³-hybridized carbons (Fsp3) is 0.615. The number of hydrogen-bond donors (Lipinski definition) is 2. The highest BCUT2D eigenvalue weighted by Crippen LogP contribution is 2.35. The summed E-state index contributed by atoms with van der Waals surface area (Å²) in [6.07, 6.45) is 2.39. The Bertz CT molecular complexity index is 529. The maximum absolute atomic E-state index is 12.3. The molecule has 0 spiro atoms. The highest BCUT2D eigenvalue weighted by atomic mass is 16.4. The quantitative estimate of drug-likeness (QED) is 0.855. The average molecular weight is 265 g/mol. The number of aliphatic carboxylic acids is 1. The summed E-state index contributed by atoms with van der Waals surface area (Å²) < 4.78 is 1.66. The fourth-order valence-electron chi connectivity index (χ4n) is 2.64. The Morgan fingerprint density at radius 3 is 2.42 bits per heavy atom. The Balaban J connectivity index is 2.18. The molecule has 0 unspecified atom stereocenters. The van der Waals surface area contributed by atoms with Gasteiger partial charge in [0.1, 0.15) is 0 Å². The van der Waals surface area contributed by atoms with E-state index in [-0.39, 0.29) is 12.3 Å². The van der Waals surface area contributed by atoms with Gasteiger partial charge in [-0.2, -0.15) is 5.10 Å². The molecule has 1 aliphatic carbocycles. The molecule has 1 heterocycles. The number of carboxylic acids is 1. The van der Waals surface area contributed by atoms with Crippen molar-refractivity contribution in [2.45, 2.75) is 45.1 Å².